The number of esters is 1. The van der Waals surface area contributed by atoms with Crippen molar-refractivity contribution in [1.29, 1.82) is 0 Å². The third-order valence-corrected chi connectivity index (χ3v) is 6.75. The number of phenols is 1. The molecule has 1 N–H and O–H groups in total. The van der Waals surface area contributed by atoms with E-state index in [2.05, 4.69) is 60.5 Å². The molecular weight excluding hydrogens is 541 g/mol. The SMILES string of the molecule is CCCCCCCC(I)OC(=O)CCc1cc(-n2nc3ccccc3n2)c(O)c(C(C)(C)C)c1. The van der Waals surface area contributed by atoms with Crippen molar-refractivity contribution in [3.63, 3.8) is 0 Å². The summed E-state index contributed by atoms with van der Waals surface area (Å²) in [6.45, 7) is 8.37. The van der Waals surface area contributed by atoms with Gasteiger partial charge in [-0.15, -0.1) is 15.0 Å². The molecule has 0 radical (unpaired) electrons. The number of benzene rings is 2. The molecule has 1 aromatic heterocycles. The zero-order valence-electron chi connectivity index (χ0n) is 20.7. The molecule has 3 rings (SSSR count). The van der Waals surface area contributed by atoms with Crippen LogP contribution in [0.4, 0.5) is 0 Å². The number of unbranched alkanes of at least 4 members (excludes halogenated alkanes) is 4. The van der Waals surface area contributed by atoms with Gasteiger partial charge in [-0.05, 0) is 71.0 Å². The van der Waals surface area contributed by atoms with E-state index in [1.807, 2.05) is 36.4 Å². The van der Waals surface area contributed by atoms with Crippen molar-refractivity contribution in [2.24, 2.45) is 0 Å². The quantitative estimate of drug-likeness (QED) is 0.115. The lowest BCUT2D eigenvalue weighted by molar-refractivity contribution is -0.144. The number of hydrogen-bond acceptors (Lipinski definition) is 5. The number of aromatic hydroxyl groups is 1. The van der Waals surface area contributed by atoms with Crippen LogP contribution in [0.25, 0.3) is 16.7 Å². The fourth-order valence-electron chi connectivity index (χ4n) is 3.93. The van der Waals surface area contributed by atoms with Crippen LogP contribution >= 0.6 is 22.6 Å². The van der Waals surface area contributed by atoms with Crippen molar-refractivity contribution >= 4 is 39.6 Å². The van der Waals surface area contributed by atoms with Crippen molar-refractivity contribution < 1.29 is 14.6 Å². The van der Waals surface area contributed by atoms with Gasteiger partial charge in [-0.2, -0.15) is 0 Å². The summed E-state index contributed by atoms with van der Waals surface area (Å²) in [6.07, 6.45) is 7.72. The van der Waals surface area contributed by atoms with Gasteiger partial charge in [0.05, 0.1) is 0 Å². The van der Waals surface area contributed by atoms with E-state index in [1.54, 1.807) is 0 Å². The van der Waals surface area contributed by atoms with Gasteiger partial charge in [0.15, 0.2) is 4.11 Å². The number of phenolic OH excluding ortho intramolecular Hbond substituents is 1. The van der Waals surface area contributed by atoms with Gasteiger partial charge in [0.2, 0.25) is 0 Å². The molecule has 0 saturated heterocycles. The van der Waals surface area contributed by atoms with Gasteiger partial charge < -0.3 is 9.84 Å². The molecule has 0 saturated carbocycles. The molecule has 184 valence electrons. The first-order chi connectivity index (χ1) is 16.2. The van der Waals surface area contributed by atoms with Gasteiger partial charge in [0, 0.05) is 12.0 Å². The second-order valence-corrected chi connectivity index (χ2v) is 11.2. The summed E-state index contributed by atoms with van der Waals surface area (Å²) in [5, 5.41) is 20.2. The molecule has 1 heterocycles. The Morgan fingerprint density at radius 2 is 1.74 bits per heavy atom. The van der Waals surface area contributed by atoms with E-state index in [1.165, 1.54) is 30.5 Å². The van der Waals surface area contributed by atoms with Crippen LogP contribution in [0, 0.1) is 0 Å². The molecule has 0 spiro atoms. The number of rotatable bonds is 11. The highest BCUT2D eigenvalue weighted by molar-refractivity contribution is 14.1. The van der Waals surface area contributed by atoms with Crippen LogP contribution in [0.3, 0.4) is 0 Å². The minimum atomic E-state index is -0.285. The highest BCUT2D eigenvalue weighted by Crippen LogP contribution is 2.36. The molecule has 1 atom stereocenters. The van der Waals surface area contributed by atoms with Gasteiger partial charge in [-0.25, -0.2) is 0 Å². The number of nitrogens with zero attached hydrogens (tertiary/aromatic N) is 3. The predicted octanol–water partition coefficient (Wildman–Crippen LogP) is 7.02. The first-order valence-corrected chi connectivity index (χ1v) is 13.5. The number of hydrogen-bond donors (Lipinski definition) is 1. The van der Waals surface area contributed by atoms with Crippen molar-refractivity contribution in [3.8, 4) is 11.4 Å². The Morgan fingerprint density at radius 3 is 2.35 bits per heavy atom. The Morgan fingerprint density at radius 1 is 1.09 bits per heavy atom. The van der Waals surface area contributed by atoms with Crippen LogP contribution in [0.15, 0.2) is 36.4 Å². The standard InChI is InChI=1S/C27H36IN3O3/c1-5-6-7-8-9-14-24(28)34-25(32)16-15-19-17-20(27(2,3)4)26(33)23(18-19)31-29-21-12-10-11-13-22(21)30-31/h10-13,17-18,24,33H,5-9,14-16H2,1-4H3. The molecule has 0 aliphatic heterocycles. The molecule has 0 aliphatic rings. The lowest BCUT2D eigenvalue weighted by Crippen LogP contribution is -2.15. The minimum absolute atomic E-state index is 0.0899. The monoisotopic (exact) mass is 577 g/mol. The summed E-state index contributed by atoms with van der Waals surface area (Å²) in [7, 11) is 0. The van der Waals surface area contributed by atoms with Crippen LogP contribution in [0.5, 0.6) is 5.75 Å². The molecular formula is C27H36IN3O3. The number of aromatic nitrogens is 3. The number of carbonyl (C=O) groups excluding carboxylic acids is 1. The lowest BCUT2D eigenvalue weighted by atomic mass is 9.84. The van der Waals surface area contributed by atoms with Crippen LogP contribution in [-0.4, -0.2) is 30.2 Å². The summed E-state index contributed by atoms with van der Waals surface area (Å²) in [6, 6.07) is 11.5. The summed E-state index contributed by atoms with van der Waals surface area (Å²) in [4.78, 5) is 14.0. The van der Waals surface area contributed by atoms with Gasteiger partial charge in [-0.3, -0.25) is 4.79 Å². The van der Waals surface area contributed by atoms with Gasteiger partial charge in [0.25, 0.3) is 0 Å². The average Bonchev–Trinajstić information content (AvgIpc) is 3.21. The van der Waals surface area contributed by atoms with E-state index in [-0.39, 0.29) is 27.7 Å². The second-order valence-electron chi connectivity index (χ2n) is 9.84. The largest absolute Gasteiger partial charge is 0.505 e. The van der Waals surface area contributed by atoms with Crippen LogP contribution in [0.2, 0.25) is 0 Å². The maximum atomic E-state index is 12.5. The van der Waals surface area contributed by atoms with Crippen LogP contribution in [-0.2, 0) is 21.4 Å². The van der Waals surface area contributed by atoms with Gasteiger partial charge in [0.1, 0.15) is 22.5 Å². The number of ether oxygens (including phenoxy) is 1. The van der Waals surface area contributed by atoms with E-state index >= 15 is 0 Å². The zero-order valence-corrected chi connectivity index (χ0v) is 22.8. The molecule has 2 aromatic carbocycles. The molecule has 1 unspecified atom stereocenters. The molecule has 6 nitrogen and oxygen atoms in total. The molecule has 7 heteroatoms. The van der Waals surface area contributed by atoms with E-state index in [4.69, 9.17) is 4.74 Å². The third kappa shape index (κ3) is 7.17. The van der Waals surface area contributed by atoms with Crippen molar-refractivity contribution in [1.82, 2.24) is 15.0 Å². The summed E-state index contributed by atoms with van der Waals surface area (Å²) < 4.78 is 5.53. The van der Waals surface area contributed by atoms with Gasteiger partial charge in [-0.1, -0.05) is 71.6 Å². The number of fused-ring (bicyclic) bond motifs is 1. The summed E-state index contributed by atoms with van der Waals surface area (Å²) in [5.74, 6) is -0.0302. The average molecular weight is 578 g/mol. The normalized spacial score (nSPS) is 12.7. The molecule has 0 aliphatic carbocycles. The Labute approximate surface area is 216 Å². The highest BCUT2D eigenvalue weighted by atomic mass is 127. The summed E-state index contributed by atoms with van der Waals surface area (Å²) >= 11 is 2.22. The maximum absolute atomic E-state index is 12.5. The fourth-order valence-corrected chi connectivity index (χ4v) is 4.65. The minimum Gasteiger partial charge on any atom is -0.505 e. The fraction of sp³-hybridized carbons (Fsp3) is 0.519. The lowest BCUT2D eigenvalue weighted by Gasteiger charge is -2.23. The highest BCUT2D eigenvalue weighted by Gasteiger charge is 2.23. The topological polar surface area (TPSA) is 77.2 Å². The molecule has 0 fully saturated rings. The number of carbonyl (C=O) groups is 1. The maximum Gasteiger partial charge on any atom is 0.307 e. The predicted molar refractivity (Wildman–Crippen MR) is 145 cm³/mol. The Bertz CT molecular complexity index is 1070. The van der Waals surface area contributed by atoms with Gasteiger partial charge >= 0.3 is 5.97 Å². The third-order valence-electron chi connectivity index (χ3n) is 5.87. The van der Waals surface area contributed by atoms with Crippen molar-refractivity contribution in [2.45, 2.75) is 88.6 Å². The molecule has 3 aromatic rings. The molecule has 34 heavy (non-hydrogen) atoms. The number of aryl methyl sites for hydroxylation is 1. The van der Waals surface area contributed by atoms with Crippen molar-refractivity contribution in [2.75, 3.05) is 0 Å². The van der Waals surface area contributed by atoms with E-state index in [9.17, 15) is 9.90 Å². The van der Waals surface area contributed by atoms with Crippen LogP contribution < -0.4 is 0 Å². The first kappa shape index (κ1) is 26.4. The Balaban J connectivity index is 1.71. The molecule has 0 amide bonds. The Hall–Kier alpha value is -2.16. The molecule has 0 bridgehead atoms. The van der Waals surface area contributed by atoms with E-state index in [0.29, 0.717) is 12.1 Å². The zero-order chi connectivity index (χ0) is 24.7. The number of alkyl halides is 1. The second kappa shape index (κ2) is 12.0. The Kier molecular flexibility index (Phi) is 9.33. The smallest absolute Gasteiger partial charge is 0.307 e. The van der Waals surface area contributed by atoms with Crippen molar-refractivity contribution in [3.05, 3.63) is 47.5 Å². The van der Waals surface area contributed by atoms with Crippen LogP contribution in [0.1, 0.15) is 83.8 Å². The summed E-state index contributed by atoms with van der Waals surface area (Å²) in [5.41, 5.74) is 3.50. The number of halogens is 1. The first-order valence-electron chi connectivity index (χ1n) is 12.2. The van der Waals surface area contributed by atoms with E-state index < -0.39 is 0 Å². The van der Waals surface area contributed by atoms with E-state index in [0.717, 1.165) is 35.0 Å².